The number of hydrogen-bond acceptors (Lipinski definition) is 6. The molecule has 0 spiro atoms. The van der Waals surface area contributed by atoms with Crippen LogP contribution < -0.4 is 4.72 Å². The first kappa shape index (κ1) is 28.5. The molecule has 0 atom stereocenters. The molecule has 0 aliphatic carbocycles. The molecule has 0 radical (unpaired) electrons. The zero-order chi connectivity index (χ0) is 23.0. The minimum atomic E-state index is -3.90. The molecule has 2 heterocycles. The van der Waals surface area contributed by atoms with E-state index in [0.29, 0.717) is 16.9 Å². The topological polar surface area (TPSA) is 115 Å². The van der Waals surface area contributed by atoms with Crippen molar-refractivity contribution in [2.75, 3.05) is 4.72 Å². The molecule has 0 saturated heterocycles. The van der Waals surface area contributed by atoms with Crippen molar-refractivity contribution in [2.45, 2.75) is 11.8 Å². The summed E-state index contributed by atoms with van der Waals surface area (Å²) in [6.07, 6.45) is 5.16. The van der Waals surface area contributed by atoms with Crippen LogP contribution in [0.1, 0.15) is 5.56 Å². The molecule has 1 N–H and O–H groups in total. The molecule has 180 valence electrons. The Kier molecular flexibility index (Phi) is 11.1. The van der Waals surface area contributed by atoms with E-state index in [2.05, 4.69) is 14.7 Å². The number of sulfonamides is 1. The van der Waals surface area contributed by atoms with E-state index < -0.39 is 14.9 Å². The monoisotopic (exact) mass is 574 g/mol. The number of aryl methyl sites for hydroxylation is 1. The summed E-state index contributed by atoms with van der Waals surface area (Å²) in [7, 11) is -3.90. The van der Waals surface area contributed by atoms with E-state index in [1.54, 1.807) is 42.9 Å². The number of anilines is 1. The van der Waals surface area contributed by atoms with Crippen LogP contribution in [0.3, 0.4) is 0 Å². The Morgan fingerprint density at radius 3 is 2.06 bits per heavy atom. The zero-order valence-electron chi connectivity index (χ0n) is 17.8. The Balaban J connectivity index is 0.000000631. The van der Waals surface area contributed by atoms with E-state index in [1.807, 2.05) is 37.3 Å². The summed E-state index contributed by atoms with van der Waals surface area (Å²) in [5.41, 5.74) is 2.49. The molecule has 4 aromatic rings. The van der Waals surface area contributed by atoms with Gasteiger partial charge in [-0.2, -0.15) is 0 Å². The van der Waals surface area contributed by atoms with Gasteiger partial charge < -0.3 is 0 Å². The molecule has 8 nitrogen and oxygen atoms in total. The molecule has 0 amide bonds. The van der Waals surface area contributed by atoms with Crippen molar-refractivity contribution in [3.63, 3.8) is 0 Å². The van der Waals surface area contributed by atoms with E-state index in [9.17, 15) is 18.5 Å². The average molecular weight is 575 g/mol. The number of rotatable bonds is 5. The largest absolute Gasteiger partial charge is 0.279 e. The molecule has 0 aliphatic heterocycles. The quantitative estimate of drug-likeness (QED) is 0.204. The summed E-state index contributed by atoms with van der Waals surface area (Å²) in [4.78, 5) is 18.2. The molecule has 0 fully saturated rings. The van der Waals surface area contributed by atoms with Crippen LogP contribution in [0.2, 0.25) is 0 Å². The first-order chi connectivity index (χ1) is 15.4. The number of nitrogens with one attached hydrogen (secondary N) is 1. The van der Waals surface area contributed by atoms with Crippen molar-refractivity contribution >= 4 is 21.4 Å². The molecule has 0 bridgehead atoms. The average Bonchev–Trinajstić information content (AvgIpc) is 2.81. The standard InChI is InChI=1S/C18H15N3O4S.C5H5N.FH.Pd/c1-13-10-11-19-18(12-13)16-4-2-3-5-17(16)20-26(24,25)15-8-6-14(7-9-15)21(22)23;1-2-4-6-5-3-1;;/h2-12,20H,1H3;1-5H;1H;. The molecule has 2 aromatic heterocycles. The number of hydrogen-bond donors (Lipinski definition) is 1. The predicted octanol–water partition coefficient (Wildman–Crippen LogP) is 5.00. The molecule has 0 unspecified atom stereocenters. The van der Waals surface area contributed by atoms with E-state index in [4.69, 9.17) is 0 Å². The third-order valence-electron chi connectivity index (χ3n) is 4.29. The second-order valence-corrected chi connectivity index (χ2v) is 8.33. The molecule has 34 heavy (non-hydrogen) atoms. The van der Waals surface area contributed by atoms with Gasteiger partial charge >= 0.3 is 0 Å². The minimum Gasteiger partial charge on any atom is -0.279 e. The van der Waals surface area contributed by atoms with E-state index in [-0.39, 0.29) is 35.7 Å². The molecular formula is C23H21FN4O4PdS. The Morgan fingerprint density at radius 1 is 0.882 bits per heavy atom. The number of benzene rings is 2. The first-order valence-electron chi connectivity index (χ1n) is 9.51. The van der Waals surface area contributed by atoms with Crippen molar-refractivity contribution < 1.29 is 38.5 Å². The molecule has 2 aromatic carbocycles. The fourth-order valence-corrected chi connectivity index (χ4v) is 3.82. The summed E-state index contributed by atoms with van der Waals surface area (Å²) < 4.78 is 27.8. The summed E-state index contributed by atoms with van der Waals surface area (Å²) in [5, 5.41) is 10.7. The van der Waals surface area contributed by atoms with Crippen LogP contribution in [0.4, 0.5) is 16.1 Å². The maximum atomic E-state index is 12.6. The summed E-state index contributed by atoms with van der Waals surface area (Å²) >= 11 is 0. The molecule has 0 saturated carbocycles. The Bertz CT molecular complexity index is 1280. The molecule has 4 rings (SSSR count). The van der Waals surface area contributed by atoms with Crippen molar-refractivity contribution in [3.05, 3.63) is 113 Å². The number of halogens is 1. The van der Waals surface area contributed by atoms with E-state index >= 15 is 0 Å². The van der Waals surface area contributed by atoms with Gasteiger partial charge in [-0.15, -0.1) is 0 Å². The summed E-state index contributed by atoms with van der Waals surface area (Å²) in [5.74, 6) is 0. The molecule has 0 aliphatic rings. The number of para-hydroxylation sites is 1. The van der Waals surface area contributed by atoms with Gasteiger partial charge in [0.25, 0.3) is 15.7 Å². The Morgan fingerprint density at radius 2 is 1.53 bits per heavy atom. The predicted molar refractivity (Wildman–Crippen MR) is 125 cm³/mol. The Hall–Kier alpha value is -3.52. The van der Waals surface area contributed by atoms with Gasteiger partial charge in [-0.1, -0.05) is 24.3 Å². The molecule has 11 heteroatoms. The zero-order valence-corrected chi connectivity index (χ0v) is 20.2. The fourth-order valence-electron chi connectivity index (χ4n) is 2.74. The number of nitro benzene ring substituents is 1. The summed E-state index contributed by atoms with van der Waals surface area (Å²) in [6, 6.07) is 21.1. The van der Waals surface area contributed by atoms with Gasteiger partial charge in [-0.3, -0.25) is 29.5 Å². The van der Waals surface area contributed by atoms with Gasteiger partial charge in [0.2, 0.25) is 0 Å². The van der Waals surface area contributed by atoms with Crippen LogP contribution in [0.5, 0.6) is 0 Å². The number of non-ortho nitro benzene ring substituents is 1. The maximum Gasteiger partial charge on any atom is 0.269 e. The number of nitro groups is 1. The van der Waals surface area contributed by atoms with Crippen LogP contribution >= 0.6 is 0 Å². The van der Waals surface area contributed by atoms with E-state index in [1.165, 1.54) is 12.1 Å². The van der Waals surface area contributed by atoms with Crippen molar-refractivity contribution in [3.8, 4) is 11.3 Å². The SMILES string of the molecule is Cc1ccnc(-c2ccccc2NS(=O)(=O)c2ccc([N+](=O)[O-])cc2)c1.F.[Pd].c1ccncc1. The van der Waals surface area contributed by atoms with Crippen LogP contribution in [-0.2, 0) is 30.4 Å². The number of aromatic nitrogens is 2. The Labute approximate surface area is 210 Å². The first-order valence-corrected chi connectivity index (χ1v) is 11.0. The third-order valence-corrected chi connectivity index (χ3v) is 5.67. The number of nitrogens with zero attached hydrogens (tertiary/aromatic N) is 3. The second-order valence-electron chi connectivity index (χ2n) is 6.65. The molecular weight excluding hydrogens is 554 g/mol. The minimum absolute atomic E-state index is 0. The normalized spacial score (nSPS) is 9.91. The van der Waals surface area contributed by atoms with Gasteiger partial charge in [-0.05, 0) is 55.0 Å². The van der Waals surface area contributed by atoms with Crippen LogP contribution in [0.15, 0.2) is 102 Å². The van der Waals surface area contributed by atoms with Crippen LogP contribution in [0, 0.1) is 17.0 Å². The summed E-state index contributed by atoms with van der Waals surface area (Å²) in [6.45, 7) is 1.93. The van der Waals surface area contributed by atoms with Gasteiger partial charge in [0.15, 0.2) is 0 Å². The number of pyridine rings is 2. The van der Waals surface area contributed by atoms with E-state index in [0.717, 1.165) is 17.7 Å². The van der Waals surface area contributed by atoms with Gasteiger partial charge in [0.1, 0.15) is 0 Å². The van der Waals surface area contributed by atoms with Crippen LogP contribution in [0.25, 0.3) is 11.3 Å². The van der Waals surface area contributed by atoms with Gasteiger partial charge in [-0.25, -0.2) is 8.42 Å². The second kappa shape index (κ2) is 13.3. The van der Waals surface area contributed by atoms with Gasteiger partial charge in [0.05, 0.1) is 21.2 Å². The third kappa shape index (κ3) is 7.81. The van der Waals surface area contributed by atoms with Gasteiger partial charge in [0, 0.05) is 56.7 Å². The fraction of sp³-hybridized carbons (Fsp3) is 0.0435. The van der Waals surface area contributed by atoms with Crippen molar-refractivity contribution in [1.29, 1.82) is 0 Å². The van der Waals surface area contributed by atoms with Crippen molar-refractivity contribution in [2.24, 2.45) is 0 Å². The smallest absolute Gasteiger partial charge is 0.269 e. The van der Waals surface area contributed by atoms with Crippen molar-refractivity contribution in [1.82, 2.24) is 9.97 Å². The maximum absolute atomic E-state index is 12.6. The van der Waals surface area contributed by atoms with Crippen LogP contribution in [-0.4, -0.2) is 23.3 Å².